The number of rotatable bonds is 5. The molecule has 0 saturated carbocycles. The molecule has 1 atom stereocenters. The molecule has 0 aromatic heterocycles. The molecule has 1 rings (SSSR count). The first-order valence-corrected chi connectivity index (χ1v) is 5.28. The molecule has 0 heterocycles. The van der Waals surface area contributed by atoms with Crippen LogP contribution >= 0.6 is 0 Å². The van der Waals surface area contributed by atoms with E-state index in [0.717, 1.165) is 18.7 Å². The van der Waals surface area contributed by atoms with Gasteiger partial charge < -0.3 is 10.4 Å². The molecule has 1 unspecified atom stereocenters. The molecule has 1 aromatic carbocycles. The first kappa shape index (κ1) is 12.0. The maximum absolute atomic E-state index is 13.0. The Labute approximate surface area is 90.1 Å². The minimum atomic E-state index is -0.185. The van der Waals surface area contributed by atoms with Crippen LogP contribution in [-0.4, -0.2) is 18.3 Å². The average Bonchev–Trinajstić information content (AvgIpc) is 2.24. The van der Waals surface area contributed by atoms with Crippen LogP contribution in [0.3, 0.4) is 0 Å². The fourth-order valence-corrected chi connectivity index (χ4v) is 1.35. The van der Waals surface area contributed by atoms with E-state index in [4.69, 9.17) is 5.11 Å². The van der Waals surface area contributed by atoms with Gasteiger partial charge in [-0.3, -0.25) is 0 Å². The van der Waals surface area contributed by atoms with Crippen molar-refractivity contribution < 1.29 is 9.50 Å². The topological polar surface area (TPSA) is 32.3 Å². The Kier molecular flexibility index (Phi) is 4.56. The highest BCUT2D eigenvalue weighted by molar-refractivity contribution is 5.45. The van der Waals surface area contributed by atoms with Crippen molar-refractivity contribution in [1.82, 2.24) is 0 Å². The lowest BCUT2D eigenvalue weighted by molar-refractivity contribution is 0.230. The summed E-state index contributed by atoms with van der Waals surface area (Å²) in [5, 5.41) is 12.2. The molecular formula is C12H18FNO. The smallest absolute Gasteiger partial charge is 0.126 e. The first-order chi connectivity index (χ1) is 7.17. The third-order valence-electron chi connectivity index (χ3n) is 2.59. The molecule has 0 amide bonds. The molecule has 0 bridgehead atoms. The molecule has 15 heavy (non-hydrogen) atoms. The molecule has 0 saturated heterocycles. The molecule has 2 nitrogen and oxygen atoms in total. The second kappa shape index (κ2) is 5.71. The Morgan fingerprint density at radius 3 is 2.73 bits per heavy atom. The van der Waals surface area contributed by atoms with Gasteiger partial charge in [-0.25, -0.2) is 4.39 Å². The summed E-state index contributed by atoms with van der Waals surface area (Å²) in [7, 11) is 0. The summed E-state index contributed by atoms with van der Waals surface area (Å²) >= 11 is 0. The van der Waals surface area contributed by atoms with Gasteiger partial charge in [0.15, 0.2) is 0 Å². The largest absolute Gasteiger partial charge is 0.396 e. The number of aryl methyl sites for hydroxylation is 1. The van der Waals surface area contributed by atoms with Gasteiger partial charge in [-0.2, -0.15) is 0 Å². The van der Waals surface area contributed by atoms with Crippen molar-refractivity contribution in [2.75, 3.05) is 18.5 Å². The summed E-state index contributed by atoms with van der Waals surface area (Å²) in [5.74, 6) is 0.0742. The molecule has 84 valence electrons. The van der Waals surface area contributed by atoms with E-state index < -0.39 is 0 Å². The zero-order valence-corrected chi connectivity index (χ0v) is 9.26. The predicted molar refractivity (Wildman–Crippen MR) is 60.5 cm³/mol. The fourth-order valence-electron chi connectivity index (χ4n) is 1.35. The van der Waals surface area contributed by atoms with Crippen molar-refractivity contribution in [2.24, 2.45) is 5.92 Å². The second-order valence-electron chi connectivity index (χ2n) is 3.80. The van der Waals surface area contributed by atoms with Crippen molar-refractivity contribution in [2.45, 2.75) is 20.3 Å². The van der Waals surface area contributed by atoms with Gasteiger partial charge in [-0.1, -0.05) is 6.92 Å². The number of hydrogen-bond acceptors (Lipinski definition) is 2. The normalized spacial score (nSPS) is 12.5. The summed E-state index contributed by atoms with van der Waals surface area (Å²) in [6, 6.07) is 4.95. The summed E-state index contributed by atoms with van der Waals surface area (Å²) in [4.78, 5) is 0. The summed E-state index contributed by atoms with van der Waals surface area (Å²) in [6.45, 7) is 4.68. The first-order valence-electron chi connectivity index (χ1n) is 5.28. The third kappa shape index (κ3) is 3.51. The van der Waals surface area contributed by atoms with Gasteiger partial charge in [-0.05, 0) is 43.0 Å². The maximum atomic E-state index is 13.0. The van der Waals surface area contributed by atoms with Crippen molar-refractivity contribution >= 4 is 5.69 Å². The molecule has 0 aliphatic rings. The maximum Gasteiger partial charge on any atom is 0.126 e. The van der Waals surface area contributed by atoms with E-state index in [0.29, 0.717) is 5.56 Å². The van der Waals surface area contributed by atoms with Gasteiger partial charge in [0.2, 0.25) is 0 Å². The van der Waals surface area contributed by atoms with Crippen LogP contribution in [-0.2, 0) is 0 Å². The van der Waals surface area contributed by atoms with E-state index in [1.54, 1.807) is 19.1 Å². The van der Waals surface area contributed by atoms with Gasteiger partial charge >= 0.3 is 0 Å². The third-order valence-corrected chi connectivity index (χ3v) is 2.59. The van der Waals surface area contributed by atoms with Gasteiger partial charge in [0.25, 0.3) is 0 Å². The van der Waals surface area contributed by atoms with Crippen molar-refractivity contribution in [1.29, 1.82) is 0 Å². The minimum Gasteiger partial charge on any atom is -0.396 e. The van der Waals surface area contributed by atoms with E-state index in [9.17, 15) is 4.39 Å². The van der Waals surface area contributed by atoms with E-state index in [1.165, 1.54) is 6.07 Å². The predicted octanol–water partition coefficient (Wildman–Crippen LogP) is 2.56. The van der Waals surface area contributed by atoms with Gasteiger partial charge in [0, 0.05) is 18.8 Å². The van der Waals surface area contributed by atoms with Crippen LogP contribution in [0.2, 0.25) is 0 Å². The minimum absolute atomic E-state index is 0.184. The molecule has 0 spiro atoms. The number of aliphatic hydroxyl groups excluding tert-OH is 1. The van der Waals surface area contributed by atoms with Crippen LogP contribution < -0.4 is 5.32 Å². The highest BCUT2D eigenvalue weighted by Crippen LogP contribution is 2.14. The Morgan fingerprint density at radius 1 is 1.47 bits per heavy atom. The van der Waals surface area contributed by atoms with E-state index >= 15 is 0 Å². The molecule has 2 N–H and O–H groups in total. The lowest BCUT2D eigenvalue weighted by atomic mass is 10.1. The Bertz CT molecular complexity index is 310. The van der Waals surface area contributed by atoms with Crippen molar-refractivity contribution in [3.63, 3.8) is 0 Å². The molecular weight excluding hydrogens is 193 g/mol. The average molecular weight is 211 g/mol. The lowest BCUT2D eigenvalue weighted by Gasteiger charge is -2.14. The van der Waals surface area contributed by atoms with Crippen LogP contribution in [0.1, 0.15) is 18.9 Å². The highest BCUT2D eigenvalue weighted by Gasteiger charge is 2.04. The van der Waals surface area contributed by atoms with Gasteiger partial charge in [0.05, 0.1) is 0 Å². The number of halogens is 1. The zero-order valence-electron chi connectivity index (χ0n) is 9.26. The molecule has 0 aliphatic heterocycles. The SMILES string of the molecule is CCC(CO)CNc1ccc(F)c(C)c1. The Morgan fingerprint density at radius 2 is 2.20 bits per heavy atom. The number of aliphatic hydroxyl groups is 1. The molecule has 0 radical (unpaired) electrons. The van der Waals surface area contributed by atoms with Crippen LogP contribution in [0.25, 0.3) is 0 Å². The molecule has 0 fully saturated rings. The Balaban J connectivity index is 2.54. The number of anilines is 1. The standard InChI is InChI=1S/C12H18FNO/c1-3-10(8-15)7-14-11-4-5-12(13)9(2)6-11/h4-6,10,14-15H,3,7-8H2,1-2H3. The van der Waals surface area contributed by atoms with Crippen LogP contribution in [0.5, 0.6) is 0 Å². The molecule has 0 aliphatic carbocycles. The van der Waals surface area contributed by atoms with Crippen LogP contribution in [0, 0.1) is 18.7 Å². The summed E-state index contributed by atoms with van der Waals surface area (Å²) < 4.78 is 13.0. The van der Waals surface area contributed by atoms with E-state index in [1.807, 2.05) is 6.92 Å². The molecule has 1 aromatic rings. The van der Waals surface area contributed by atoms with Crippen LogP contribution in [0.15, 0.2) is 18.2 Å². The number of nitrogens with one attached hydrogen (secondary N) is 1. The monoisotopic (exact) mass is 211 g/mol. The zero-order chi connectivity index (χ0) is 11.3. The van der Waals surface area contributed by atoms with Gasteiger partial charge in [-0.15, -0.1) is 0 Å². The number of hydrogen-bond donors (Lipinski definition) is 2. The van der Waals surface area contributed by atoms with E-state index in [-0.39, 0.29) is 18.3 Å². The summed E-state index contributed by atoms with van der Waals surface area (Å²) in [6.07, 6.45) is 0.934. The lowest BCUT2D eigenvalue weighted by Crippen LogP contribution is -2.17. The quantitative estimate of drug-likeness (QED) is 0.784. The molecule has 3 heteroatoms. The number of benzene rings is 1. The fraction of sp³-hybridized carbons (Fsp3) is 0.500. The Hall–Kier alpha value is -1.09. The van der Waals surface area contributed by atoms with Crippen LogP contribution in [0.4, 0.5) is 10.1 Å². The van der Waals surface area contributed by atoms with Gasteiger partial charge in [0.1, 0.15) is 5.82 Å². The second-order valence-corrected chi connectivity index (χ2v) is 3.80. The van der Waals surface area contributed by atoms with Crippen molar-refractivity contribution in [3.05, 3.63) is 29.6 Å². The highest BCUT2D eigenvalue weighted by atomic mass is 19.1. The van der Waals surface area contributed by atoms with Crippen molar-refractivity contribution in [3.8, 4) is 0 Å². The van der Waals surface area contributed by atoms with E-state index in [2.05, 4.69) is 5.32 Å². The summed E-state index contributed by atoms with van der Waals surface area (Å²) in [5.41, 5.74) is 1.54.